The molecular weight excluding hydrogens is 235 g/mol. The van der Waals surface area contributed by atoms with Crippen molar-refractivity contribution in [3.63, 3.8) is 0 Å². The van der Waals surface area contributed by atoms with E-state index in [0.29, 0.717) is 18.8 Å². The average Bonchev–Trinajstić information content (AvgIpc) is 2.11. The van der Waals surface area contributed by atoms with Gasteiger partial charge in [-0.15, -0.1) is 11.6 Å². The number of nitrogens with one attached hydrogen (secondary N) is 1. The molecule has 0 saturated heterocycles. The largest absolute Gasteiger partial charge is 0.411 e. The fourth-order valence-corrected chi connectivity index (χ4v) is 0.869. The molecular formula is C8H13ClF3NO2. The Kier molecular flexibility index (Phi) is 7.50. The lowest BCUT2D eigenvalue weighted by molar-refractivity contribution is -0.174. The van der Waals surface area contributed by atoms with Crippen molar-refractivity contribution in [2.75, 3.05) is 25.6 Å². The fourth-order valence-electron chi connectivity index (χ4n) is 0.736. The van der Waals surface area contributed by atoms with Crippen molar-refractivity contribution in [1.29, 1.82) is 0 Å². The van der Waals surface area contributed by atoms with Gasteiger partial charge < -0.3 is 10.1 Å². The summed E-state index contributed by atoms with van der Waals surface area (Å²) in [5.41, 5.74) is 0. The summed E-state index contributed by atoms with van der Waals surface area (Å²) in [5.74, 6) is 0.104. The summed E-state index contributed by atoms with van der Waals surface area (Å²) in [6.07, 6.45) is -3.77. The highest BCUT2D eigenvalue weighted by atomic mass is 35.5. The first-order valence-electron chi connectivity index (χ1n) is 4.43. The molecule has 0 aromatic carbocycles. The van der Waals surface area contributed by atoms with Crippen molar-refractivity contribution in [3.05, 3.63) is 0 Å². The highest BCUT2D eigenvalue weighted by molar-refractivity contribution is 6.17. The molecule has 3 nitrogen and oxygen atoms in total. The van der Waals surface area contributed by atoms with E-state index in [-0.39, 0.29) is 18.9 Å². The van der Waals surface area contributed by atoms with E-state index in [1.165, 1.54) is 0 Å². The van der Waals surface area contributed by atoms with E-state index in [9.17, 15) is 18.0 Å². The maximum absolute atomic E-state index is 11.6. The van der Waals surface area contributed by atoms with Gasteiger partial charge in [0.1, 0.15) is 6.61 Å². The number of carbonyl (C=O) groups is 1. The molecule has 0 fully saturated rings. The minimum Gasteiger partial charge on any atom is -0.372 e. The molecule has 1 N–H and O–H groups in total. The Hall–Kier alpha value is -0.490. The maximum atomic E-state index is 11.6. The number of alkyl halides is 4. The minimum atomic E-state index is -4.34. The first kappa shape index (κ1) is 14.5. The molecule has 0 heterocycles. The second kappa shape index (κ2) is 7.76. The molecule has 0 aromatic heterocycles. The zero-order valence-corrected chi connectivity index (χ0v) is 8.83. The predicted molar refractivity (Wildman–Crippen MR) is 49.8 cm³/mol. The first-order valence-corrected chi connectivity index (χ1v) is 4.96. The Morgan fingerprint density at radius 3 is 2.60 bits per heavy atom. The Labute approximate surface area is 90.9 Å². The lowest BCUT2D eigenvalue weighted by atomic mass is 10.4. The SMILES string of the molecule is O=C(CCOCC(F)(F)F)NCCCCl. The van der Waals surface area contributed by atoms with Crippen LogP contribution in [0.15, 0.2) is 0 Å². The number of hydrogen-bond acceptors (Lipinski definition) is 2. The van der Waals surface area contributed by atoms with Gasteiger partial charge >= 0.3 is 6.18 Å². The Balaban J connectivity index is 3.32. The van der Waals surface area contributed by atoms with Crippen LogP contribution < -0.4 is 5.32 Å². The van der Waals surface area contributed by atoms with E-state index in [4.69, 9.17) is 11.6 Å². The maximum Gasteiger partial charge on any atom is 0.411 e. The van der Waals surface area contributed by atoms with E-state index in [1.54, 1.807) is 0 Å². The predicted octanol–water partition coefficient (Wildman–Crippen LogP) is 1.70. The van der Waals surface area contributed by atoms with Crippen LogP contribution in [0, 0.1) is 0 Å². The van der Waals surface area contributed by atoms with E-state index in [1.807, 2.05) is 0 Å². The third-order valence-electron chi connectivity index (χ3n) is 1.37. The topological polar surface area (TPSA) is 38.3 Å². The molecule has 7 heteroatoms. The third-order valence-corrected chi connectivity index (χ3v) is 1.64. The van der Waals surface area contributed by atoms with Crippen molar-refractivity contribution in [2.45, 2.75) is 19.0 Å². The van der Waals surface area contributed by atoms with Crippen LogP contribution >= 0.6 is 11.6 Å². The quantitative estimate of drug-likeness (QED) is 0.549. The Morgan fingerprint density at radius 2 is 2.07 bits per heavy atom. The number of carbonyl (C=O) groups excluding carboxylic acids is 1. The van der Waals surface area contributed by atoms with Crippen LogP contribution in [0.4, 0.5) is 13.2 Å². The summed E-state index contributed by atoms with van der Waals surface area (Å²) < 4.78 is 39.0. The molecule has 0 spiro atoms. The lowest BCUT2D eigenvalue weighted by Crippen LogP contribution is -2.26. The molecule has 0 unspecified atom stereocenters. The molecule has 0 aromatic rings. The normalized spacial score (nSPS) is 11.5. The van der Waals surface area contributed by atoms with Gasteiger partial charge in [-0.1, -0.05) is 0 Å². The molecule has 0 atom stereocenters. The van der Waals surface area contributed by atoms with E-state index >= 15 is 0 Å². The highest BCUT2D eigenvalue weighted by Gasteiger charge is 2.27. The van der Waals surface area contributed by atoms with Crippen molar-refractivity contribution < 1.29 is 22.7 Å². The van der Waals surface area contributed by atoms with Gasteiger partial charge in [0.2, 0.25) is 5.91 Å². The summed E-state index contributed by atoms with van der Waals surface area (Å²) in [6.45, 7) is -1.12. The van der Waals surface area contributed by atoms with Crippen LogP contribution in [0.3, 0.4) is 0 Å². The van der Waals surface area contributed by atoms with Gasteiger partial charge in [-0.3, -0.25) is 4.79 Å². The summed E-state index contributed by atoms with van der Waals surface area (Å²) in [4.78, 5) is 10.9. The highest BCUT2D eigenvalue weighted by Crippen LogP contribution is 2.14. The summed E-state index contributed by atoms with van der Waals surface area (Å²) >= 11 is 5.36. The van der Waals surface area contributed by atoms with Gasteiger partial charge in [-0.2, -0.15) is 13.2 Å². The van der Waals surface area contributed by atoms with Crippen LogP contribution in [-0.2, 0) is 9.53 Å². The molecule has 15 heavy (non-hydrogen) atoms. The molecule has 1 amide bonds. The number of hydrogen-bond donors (Lipinski definition) is 1. The molecule has 0 aliphatic heterocycles. The first-order chi connectivity index (χ1) is 6.95. The lowest BCUT2D eigenvalue weighted by Gasteiger charge is -2.07. The van der Waals surface area contributed by atoms with E-state index in [0.717, 1.165) is 0 Å². The van der Waals surface area contributed by atoms with Gasteiger partial charge in [0.25, 0.3) is 0 Å². The van der Waals surface area contributed by atoms with Crippen LogP contribution in [-0.4, -0.2) is 37.7 Å². The van der Waals surface area contributed by atoms with Crippen molar-refractivity contribution in [3.8, 4) is 0 Å². The fraction of sp³-hybridized carbons (Fsp3) is 0.875. The monoisotopic (exact) mass is 247 g/mol. The Morgan fingerprint density at radius 1 is 1.40 bits per heavy atom. The zero-order chi connectivity index (χ0) is 11.7. The van der Waals surface area contributed by atoms with Crippen molar-refractivity contribution >= 4 is 17.5 Å². The molecule has 0 rings (SSSR count). The summed E-state index contributed by atoms with van der Waals surface area (Å²) in [7, 11) is 0. The standard InChI is InChI=1S/C8H13ClF3NO2/c9-3-1-4-13-7(14)2-5-15-6-8(10,11)12/h1-6H2,(H,13,14). The van der Waals surface area contributed by atoms with Crippen LogP contribution in [0.1, 0.15) is 12.8 Å². The number of halogens is 4. The molecule has 0 saturated carbocycles. The minimum absolute atomic E-state index is 0.0711. The number of ether oxygens (including phenoxy) is 1. The van der Waals surface area contributed by atoms with E-state index < -0.39 is 12.8 Å². The van der Waals surface area contributed by atoms with Gasteiger partial charge in [0, 0.05) is 18.8 Å². The van der Waals surface area contributed by atoms with Crippen LogP contribution in [0.25, 0.3) is 0 Å². The third kappa shape index (κ3) is 11.4. The molecule has 0 aliphatic carbocycles. The van der Waals surface area contributed by atoms with Gasteiger partial charge in [0.15, 0.2) is 0 Å². The van der Waals surface area contributed by atoms with E-state index in [2.05, 4.69) is 10.1 Å². The van der Waals surface area contributed by atoms with Crippen molar-refractivity contribution in [2.24, 2.45) is 0 Å². The van der Waals surface area contributed by atoms with Crippen LogP contribution in [0.5, 0.6) is 0 Å². The van der Waals surface area contributed by atoms with Gasteiger partial charge in [0.05, 0.1) is 6.61 Å². The second-order valence-corrected chi connectivity index (χ2v) is 3.19. The average molecular weight is 248 g/mol. The molecule has 0 radical (unpaired) electrons. The van der Waals surface area contributed by atoms with Gasteiger partial charge in [-0.05, 0) is 6.42 Å². The second-order valence-electron chi connectivity index (χ2n) is 2.81. The smallest absolute Gasteiger partial charge is 0.372 e. The molecule has 90 valence electrons. The van der Waals surface area contributed by atoms with Crippen LogP contribution in [0.2, 0.25) is 0 Å². The number of rotatable bonds is 7. The summed E-state index contributed by atoms with van der Waals surface area (Å²) in [5, 5.41) is 2.50. The Bertz CT molecular complexity index is 187. The van der Waals surface area contributed by atoms with Crippen molar-refractivity contribution in [1.82, 2.24) is 5.32 Å². The van der Waals surface area contributed by atoms with Gasteiger partial charge in [-0.25, -0.2) is 0 Å². The summed E-state index contributed by atoms with van der Waals surface area (Å²) in [6, 6.07) is 0. The molecule has 0 aliphatic rings. The zero-order valence-electron chi connectivity index (χ0n) is 8.07. The number of amides is 1. The molecule has 0 bridgehead atoms.